The fourth-order valence-electron chi connectivity index (χ4n) is 3.23. The van der Waals surface area contributed by atoms with E-state index in [9.17, 15) is 8.78 Å². The number of rotatable bonds is 4. The Balaban J connectivity index is 1.66. The second kappa shape index (κ2) is 7.10. The Bertz CT molecular complexity index is 742. The number of nitrogens with one attached hydrogen (secondary N) is 1. The van der Waals surface area contributed by atoms with Crippen LogP contribution in [0.15, 0.2) is 24.4 Å². The Hall–Kier alpha value is -2.26. The van der Waals surface area contributed by atoms with Gasteiger partial charge in [0.15, 0.2) is 11.6 Å². The lowest BCUT2D eigenvalue weighted by molar-refractivity contribution is 0.161. The first-order valence-corrected chi connectivity index (χ1v) is 8.20. The monoisotopic (exact) mass is 330 g/mol. The van der Waals surface area contributed by atoms with Gasteiger partial charge in [-0.2, -0.15) is 5.26 Å². The molecule has 4 nitrogen and oxygen atoms in total. The predicted octanol–water partition coefficient (Wildman–Crippen LogP) is 3.84. The van der Waals surface area contributed by atoms with E-state index in [-0.39, 0.29) is 6.04 Å². The second-order valence-corrected chi connectivity index (χ2v) is 6.33. The fraction of sp³-hybridized carbons (Fsp3) is 0.444. The molecule has 3 rings (SSSR count). The summed E-state index contributed by atoms with van der Waals surface area (Å²) < 4.78 is 26.4. The molecule has 24 heavy (non-hydrogen) atoms. The standard InChI is InChI=1S/C18H20F2N4/c1-12(4-7-21)24-8-5-13(6-9-24)18-22-11-17(23-18)14-2-3-15(19)16(20)10-14/h2-3,10-13H,4-6,8-9H2,1H3,(H,22,23). The van der Waals surface area contributed by atoms with E-state index in [1.807, 2.05) is 0 Å². The molecule has 0 saturated carbocycles. The SMILES string of the molecule is CC(CC#N)N1CCC(c2ncc(-c3ccc(F)c(F)c3)[nH]2)CC1. The van der Waals surface area contributed by atoms with Gasteiger partial charge in [0.2, 0.25) is 0 Å². The van der Waals surface area contributed by atoms with Gasteiger partial charge in [-0.1, -0.05) is 0 Å². The molecule has 0 bridgehead atoms. The summed E-state index contributed by atoms with van der Waals surface area (Å²) in [6, 6.07) is 6.35. The number of piperidine rings is 1. The van der Waals surface area contributed by atoms with E-state index in [1.165, 1.54) is 6.07 Å². The van der Waals surface area contributed by atoms with Crippen LogP contribution in [0, 0.1) is 23.0 Å². The Morgan fingerprint density at radius 1 is 1.33 bits per heavy atom. The molecule has 0 aliphatic carbocycles. The van der Waals surface area contributed by atoms with Gasteiger partial charge in [0.25, 0.3) is 0 Å². The molecule has 1 N–H and O–H groups in total. The zero-order chi connectivity index (χ0) is 17.1. The Morgan fingerprint density at radius 2 is 2.08 bits per heavy atom. The largest absolute Gasteiger partial charge is 0.342 e. The van der Waals surface area contributed by atoms with Crippen LogP contribution < -0.4 is 0 Å². The second-order valence-electron chi connectivity index (χ2n) is 6.33. The van der Waals surface area contributed by atoms with Crippen LogP contribution in [0.1, 0.15) is 37.9 Å². The highest BCUT2D eigenvalue weighted by atomic mass is 19.2. The van der Waals surface area contributed by atoms with Crippen molar-refractivity contribution in [1.29, 1.82) is 5.26 Å². The van der Waals surface area contributed by atoms with Crippen molar-refractivity contribution in [2.24, 2.45) is 0 Å². The highest BCUT2D eigenvalue weighted by Gasteiger charge is 2.25. The number of H-pyrrole nitrogens is 1. The number of hydrogen-bond acceptors (Lipinski definition) is 3. The molecule has 0 spiro atoms. The number of aromatic nitrogens is 2. The van der Waals surface area contributed by atoms with Gasteiger partial charge < -0.3 is 4.98 Å². The van der Waals surface area contributed by atoms with Crippen molar-refractivity contribution in [2.75, 3.05) is 13.1 Å². The molecular formula is C18H20F2N4. The van der Waals surface area contributed by atoms with Gasteiger partial charge in [-0.05, 0) is 51.1 Å². The number of benzene rings is 1. The van der Waals surface area contributed by atoms with Gasteiger partial charge in [0, 0.05) is 17.5 Å². The summed E-state index contributed by atoms with van der Waals surface area (Å²) in [5.41, 5.74) is 1.29. The molecule has 2 aromatic rings. The van der Waals surface area contributed by atoms with Crippen LogP contribution in [0.3, 0.4) is 0 Å². The molecule has 1 fully saturated rings. The van der Waals surface area contributed by atoms with Crippen molar-refractivity contribution in [2.45, 2.75) is 38.1 Å². The first-order valence-electron chi connectivity index (χ1n) is 8.20. The van der Waals surface area contributed by atoms with E-state index in [0.29, 0.717) is 23.6 Å². The van der Waals surface area contributed by atoms with Crippen molar-refractivity contribution >= 4 is 0 Å². The number of nitriles is 1. The summed E-state index contributed by atoms with van der Waals surface area (Å²) in [4.78, 5) is 10.0. The highest BCUT2D eigenvalue weighted by Crippen LogP contribution is 2.29. The Morgan fingerprint density at radius 3 is 2.75 bits per heavy atom. The minimum absolute atomic E-state index is 0.283. The zero-order valence-electron chi connectivity index (χ0n) is 13.6. The van der Waals surface area contributed by atoms with Crippen molar-refractivity contribution in [1.82, 2.24) is 14.9 Å². The summed E-state index contributed by atoms with van der Waals surface area (Å²) in [6.45, 7) is 3.96. The molecule has 1 unspecified atom stereocenters. The predicted molar refractivity (Wildman–Crippen MR) is 87.2 cm³/mol. The van der Waals surface area contributed by atoms with E-state index in [0.717, 1.165) is 37.8 Å². The normalized spacial score (nSPS) is 17.6. The minimum Gasteiger partial charge on any atom is -0.342 e. The first kappa shape index (κ1) is 16.6. The van der Waals surface area contributed by atoms with E-state index in [2.05, 4.69) is 27.9 Å². The lowest BCUT2D eigenvalue weighted by Crippen LogP contribution is -2.39. The summed E-state index contributed by atoms with van der Waals surface area (Å²) in [5.74, 6) is -0.488. The number of hydrogen-bond donors (Lipinski definition) is 1. The zero-order valence-corrected chi connectivity index (χ0v) is 13.6. The number of halogens is 2. The summed E-state index contributed by atoms with van der Waals surface area (Å²) in [5, 5.41) is 8.80. The maximum atomic E-state index is 13.4. The molecule has 1 aromatic heterocycles. The van der Waals surface area contributed by atoms with Gasteiger partial charge in [-0.3, -0.25) is 4.90 Å². The molecule has 6 heteroatoms. The Labute approximate surface area is 140 Å². The third-order valence-electron chi connectivity index (χ3n) is 4.75. The van der Waals surface area contributed by atoms with Crippen LogP contribution in [0.25, 0.3) is 11.3 Å². The average molecular weight is 330 g/mol. The van der Waals surface area contributed by atoms with Gasteiger partial charge in [-0.25, -0.2) is 13.8 Å². The van der Waals surface area contributed by atoms with Gasteiger partial charge in [0.05, 0.1) is 24.4 Å². The fourth-order valence-corrected chi connectivity index (χ4v) is 3.23. The topological polar surface area (TPSA) is 55.7 Å². The van der Waals surface area contributed by atoms with Gasteiger partial charge in [-0.15, -0.1) is 0 Å². The molecule has 0 radical (unpaired) electrons. The average Bonchev–Trinajstić information content (AvgIpc) is 3.08. The third-order valence-corrected chi connectivity index (χ3v) is 4.75. The van der Waals surface area contributed by atoms with Crippen LogP contribution in [0.4, 0.5) is 8.78 Å². The number of imidazole rings is 1. The van der Waals surface area contributed by atoms with Gasteiger partial charge in [0.1, 0.15) is 5.82 Å². The molecule has 1 aromatic carbocycles. The molecule has 1 atom stereocenters. The van der Waals surface area contributed by atoms with E-state index >= 15 is 0 Å². The summed E-state index contributed by atoms with van der Waals surface area (Å²) in [6.07, 6.45) is 4.17. The van der Waals surface area contributed by atoms with Crippen molar-refractivity contribution in [3.63, 3.8) is 0 Å². The first-order chi connectivity index (χ1) is 11.6. The summed E-state index contributed by atoms with van der Waals surface area (Å²) >= 11 is 0. The van der Waals surface area contributed by atoms with Crippen molar-refractivity contribution < 1.29 is 8.78 Å². The van der Waals surface area contributed by atoms with Crippen LogP contribution >= 0.6 is 0 Å². The quantitative estimate of drug-likeness (QED) is 0.927. The van der Waals surface area contributed by atoms with Crippen LogP contribution in [-0.2, 0) is 0 Å². The van der Waals surface area contributed by atoms with E-state index in [1.54, 1.807) is 12.3 Å². The van der Waals surface area contributed by atoms with E-state index < -0.39 is 11.6 Å². The Kier molecular flexibility index (Phi) is 4.91. The number of nitrogens with zero attached hydrogens (tertiary/aromatic N) is 3. The molecule has 1 saturated heterocycles. The molecule has 0 amide bonds. The van der Waals surface area contributed by atoms with E-state index in [4.69, 9.17) is 5.26 Å². The lowest BCUT2D eigenvalue weighted by atomic mass is 9.95. The molecule has 2 heterocycles. The molecule has 1 aliphatic heterocycles. The third kappa shape index (κ3) is 3.46. The molecule has 126 valence electrons. The maximum absolute atomic E-state index is 13.4. The van der Waals surface area contributed by atoms with Crippen molar-refractivity contribution in [3.05, 3.63) is 41.9 Å². The highest BCUT2D eigenvalue weighted by molar-refractivity contribution is 5.58. The smallest absolute Gasteiger partial charge is 0.159 e. The molecule has 1 aliphatic rings. The van der Waals surface area contributed by atoms with Crippen molar-refractivity contribution in [3.8, 4) is 17.3 Å². The van der Waals surface area contributed by atoms with Crippen LogP contribution in [0.5, 0.6) is 0 Å². The summed E-state index contributed by atoms with van der Waals surface area (Å²) in [7, 11) is 0. The minimum atomic E-state index is -0.858. The number of aromatic amines is 1. The molecular weight excluding hydrogens is 310 g/mol. The number of likely N-dealkylation sites (tertiary alicyclic amines) is 1. The van der Waals surface area contributed by atoms with Crippen LogP contribution in [-0.4, -0.2) is 34.0 Å². The van der Waals surface area contributed by atoms with Gasteiger partial charge >= 0.3 is 0 Å². The lowest BCUT2D eigenvalue weighted by Gasteiger charge is -2.34. The van der Waals surface area contributed by atoms with Crippen LogP contribution in [0.2, 0.25) is 0 Å². The maximum Gasteiger partial charge on any atom is 0.159 e.